The third-order valence-electron chi connectivity index (χ3n) is 6.33. The zero-order chi connectivity index (χ0) is 22.7. The Morgan fingerprint density at radius 1 is 1.06 bits per heavy atom. The Kier molecular flexibility index (Phi) is 8.61. The van der Waals surface area contributed by atoms with Gasteiger partial charge in [-0.15, -0.1) is 24.0 Å². The standard InChI is InChI=1S/C24H30F2N4O2.HI/c1-27-24(30-9-7-17-10-22(31-2)23(32-3)11-18(17)15-30)28-13-16-6-8-29(14-16)19-4-5-20(25)21(26)12-19;/h4-5,10-12,16H,6-9,13-15H2,1-3H3,(H,27,28);1H. The molecule has 1 saturated heterocycles. The zero-order valence-electron chi connectivity index (χ0n) is 19.2. The van der Waals surface area contributed by atoms with Gasteiger partial charge in [-0.25, -0.2) is 8.78 Å². The Balaban J connectivity index is 0.00000306. The minimum atomic E-state index is -0.811. The maximum Gasteiger partial charge on any atom is 0.193 e. The van der Waals surface area contributed by atoms with Crippen LogP contribution in [-0.2, 0) is 13.0 Å². The van der Waals surface area contributed by atoms with Crippen molar-refractivity contribution < 1.29 is 18.3 Å². The minimum absolute atomic E-state index is 0. The van der Waals surface area contributed by atoms with E-state index >= 15 is 0 Å². The van der Waals surface area contributed by atoms with Gasteiger partial charge in [-0.3, -0.25) is 4.99 Å². The molecule has 2 aliphatic rings. The lowest BCUT2D eigenvalue weighted by atomic mass is 9.99. The maximum absolute atomic E-state index is 13.6. The first-order chi connectivity index (χ1) is 15.5. The molecule has 9 heteroatoms. The van der Waals surface area contributed by atoms with E-state index in [0.29, 0.717) is 5.92 Å². The number of guanidine groups is 1. The molecule has 0 spiro atoms. The predicted octanol–water partition coefficient (Wildman–Crippen LogP) is 4.06. The third kappa shape index (κ3) is 5.62. The van der Waals surface area contributed by atoms with Gasteiger partial charge in [-0.2, -0.15) is 0 Å². The number of ether oxygens (including phenoxy) is 2. The molecule has 1 unspecified atom stereocenters. The number of nitrogens with zero attached hydrogens (tertiary/aromatic N) is 3. The van der Waals surface area contributed by atoms with Crippen molar-refractivity contribution >= 4 is 35.6 Å². The molecule has 1 N–H and O–H groups in total. The van der Waals surface area contributed by atoms with Crippen LogP contribution >= 0.6 is 24.0 Å². The SMILES string of the molecule is CN=C(NCC1CCN(c2ccc(F)c(F)c2)C1)N1CCc2cc(OC)c(OC)cc2C1.I. The summed E-state index contributed by atoms with van der Waals surface area (Å²) in [6.45, 7) is 4.03. The van der Waals surface area contributed by atoms with Crippen LogP contribution in [0.1, 0.15) is 17.5 Å². The molecule has 2 aromatic carbocycles. The number of anilines is 1. The number of fused-ring (bicyclic) bond motifs is 1. The van der Waals surface area contributed by atoms with Gasteiger partial charge >= 0.3 is 0 Å². The van der Waals surface area contributed by atoms with Crippen LogP contribution in [0.4, 0.5) is 14.5 Å². The molecule has 4 rings (SSSR count). The smallest absolute Gasteiger partial charge is 0.193 e. The maximum atomic E-state index is 13.6. The van der Waals surface area contributed by atoms with E-state index in [2.05, 4.69) is 26.2 Å². The topological polar surface area (TPSA) is 49.3 Å². The highest BCUT2D eigenvalue weighted by Crippen LogP contribution is 2.33. The highest BCUT2D eigenvalue weighted by molar-refractivity contribution is 14.0. The number of hydrogen-bond acceptors (Lipinski definition) is 4. The number of halogens is 3. The Morgan fingerprint density at radius 3 is 2.45 bits per heavy atom. The molecular weight excluding hydrogens is 541 g/mol. The summed E-state index contributed by atoms with van der Waals surface area (Å²) in [4.78, 5) is 8.84. The number of rotatable bonds is 5. The van der Waals surface area contributed by atoms with Crippen LogP contribution in [-0.4, -0.2) is 58.3 Å². The number of nitrogens with one attached hydrogen (secondary N) is 1. The molecule has 33 heavy (non-hydrogen) atoms. The Bertz CT molecular complexity index is 1000. The number of hydrogen-bond donors (Lipinski definition) is 1. The highest BCUT2D eigenvalue weighted by atomic mass is 127. The Hall–Kier alpha value is -2.30. The number of benzene rings is 2. The van der Waals surface area contributed by atoms with E-state index < -0.39 is 11.6 Å². The van der Waals surface area contributed by atoms with Crippen LogP contribution in [0.2, 0.25) is 0 Å². The molecule has 6 nitrogen and oxygen atoms in total. The van der Waals surface area contributed by atoms with E-state index in [1.165, 1.54) is 23.3 Å². The van der Waals surface area contributed by atoms with Crippen molar-refractivity contribution in [3.05, 3.63) is 53.1 Å². The molecule has 0 aromatic heterocycles. The minimum Gasteiger partial charge on any atom is -0.493 e. The highest BCUT2D eigenvalue weighted by Gasteiger charge is 2.26. The van der Waals surface area contributed by atoms with E-state index in [1.54, 1.807) is 27.3 Å². The molecule has 1 fully saturated rings. The molecule has 0 aliphatic carbocycles. The molecule has 0 bridgehead atoms. The number of methoxy groups -OCH3 is 2. The van der Waals surface area contributed by atoms with Gasteiger partial charge in [0.2, 0.25) is 0 Å². The molecule has 0 radical (unpaired) electrons. The average Bonchev–Trinajstić information content (AvgIpc) is 3.29. The first-order valence-electron chi connectivity index (χ1n) is 10.9. The molecule has 2 aromatic rings. The molecule has 0 saturated carbocycles. The van der Waals surface area contributed by atoms with Crippen LogP contribution in [0.25, 0.3) is 0 Å². The molecule has 2 heterocycles. The van der Waals surface area contributed by atoms with Gasteiger partial charge in [-0.05, 0) is 54.2 Å². The van der Waals surface area contributed by atoms with Gasteiger partial charge in [0.15, 0.2) is 29.1 Å². The summed E-state index contributed by atoms with van der Waals surface area (Å²) in [6, 6.07) is 8.22. The second kappa shape index (κ2) is 11.2. The normalized spacial score (nSPS) is 18.0. The van der Waals surface area contributed by atoms with E-state index in [-0.39, 0.29) is 24.0 Å². The fraction of sp³-hybridized carbons (Fsp3) is 0.458. The quantitative estimate of drug-likeness (QED) is 0.333. The van der Waals surface area contributed by atoms with E-state index in [4.69, 9.17) is 9.47 Å². The second-order valence-electron chi connectivity index (χ2n) is 8.27. The largest absolute Gasteiger partial charge is 0.493 e. The molecule has 0 amide bonds. The van der Waals surface area contributed by atoms with Crippen LogP contribution in [0.5, 0.6) is 11.5 Å². The van der Waals surface area contributed by atoms with Gasteiger partial charge in [0.05, 0.1) is 14.2 Å². The van der Waals surface area contributed by atoms with Gasteiger partial charge in [0.1, 0.15) is 0 Å². The lowest BCUT2D eigenvalue weighted by Gasteiger charge is -2.32. The third-order valence-corrected chi connectivity index (χ3v) is 6.33. The van der Waals surface area contributed by atoms with Crippen molar-refractivity contribution in [3.63, 3.8) is 0 Å². The number of aliphatic imine (C=N–C) groups is 1. The summed E-state index contributed by atoms with van der Waals surface area (Å²) in [6.07, 6.45) is 1.90. The zero-order valence-corrected chi connectivity index (χ0v) is 21.6. The first kappa shape index (κ1) is 25.3. The van der Waals surface area contributed by atoms with Crippen molar-refractivity contribution in [1.29, 1.82) is 0 Å². The lowest BCUT2D eigenvalue weighted by Crippen LogP contribution is -2.45. The fourth-order valence-electron chi connectivity index (χ4n) is 4.55. The van der Waals surface area contributed by atoms with E-state index in [9.17, 15) is 8.78 Å². The molecule has 1 atom stereocenters. The lowest BCUT2D eigenvalue weighted by molar-refractivity contribution is 0.345. The van der Waals surface area contributed by atoms with Gasteiger partial charge < -0.3 is 24.6 Å². The van der Waals surface area contributed by atoms with Crippen molar-refractivity contribution in [1.82, 2.24) is 10.2 Å². The van der Waals surface area contributed by atoms with Crippen LogP contribution < -0.4 is 19.7 Å². The van der Waals surface area contributed by atoms with Crippen molar-refractivity contribution in [2.24, 2.45) is 10.9 Å². The summed E-state index contributed by atoms with van der Waals surface area (Å²) in [7, 11) is 5.10. The summed E-state index contributed by atoms with van der Waals surface area (Å²) < 4.78 is 37.7. The summed E-state index contributed by atoms with van der Waals surface area (Å²) in [5.41, 5.74) is 3.21. The summed E-state index contributed by atoms with van der Waals surface area (Å²) in [5.74, 6) is 1.16. The average molecular weight is 572 g/mol. The van der Waals surface area contributed by atoms with Gasteiger partial charge in [-0.1, -0.05) is 0 Å². The van der Waals surface area contributed by atoms with E-state index in [0.717, 1.165) is 68.7 Å². The van der Waals surface area contributed by atoms with Crippen molar-refractivity contribution in [3.8, 4) is 11.5 Å². The van der Waals surface area contributed by atoms with Crippen molar-refractivity contribution in [2.75, 3.05) is 52.3 Å². The van der Waals surface area contributed by atoms with Crippen molar-refractivity contribution in [2.45, 2.75) is 19.4 Å². The Morgan fingerprint density at radius 2 is 1.79 bits per heavy atom. The predicted molar refractivity (Wildman–Crippen MR) is 137 cm³/mol. The van der Waals surface area contributed by atoms with Crippen LogP contribution in [0, 0.1) is 17.6 Å². The van der Waals surface area contributed by atoms with Crippen LogP contribution in [0.3, 0.4) is 0 Å². The molecular formula is C24H31F2IN4O2. The Labute approximate surface area is 211 Å². The first-order valence-corrected chi connectivity index (χ1v) is 10.9. The fourth-order valence-corrected chi connectivity index (χ4v) is 4.55. The monoisotopic (exact) mass is 572 g/mol. The van der Waals surface area contributed by atoms with Crippen LogP contribution in [0.15, 0.2) is 35.3 Å². The summed E-state index contributed by atoms with van der Waals surface area (Å²) in [5, 5.41) is 3.51. The second-order valence-corrected chi connectivity index (χ2v) is 8.27. The summed E-state index contributed by atoms with van der Waals surface area (Å²) >= 11 is 0. The van der Waals surface area contributed by atoms with E-state index in [1.807, 2.05) is 6.07 Å². The molecule has 180 valence electrons. The van der Waals surface area contributed by atoms with Gasteiger partial charge in [0, 0.05) is 51.5 Å². The molecule has 2 aliphatic heterocycles. The van der Waals surface area contributed by atoms with Gasteiger partial charge in [0.25, 0.3) is 0 Å².